The predicted octanol–water partition coefficient (Wildman–Crippen LogP) is 7.20. The van der Waals surface area contributed by atoms with E-state index >= 15 is 0 Å². The number of benzene rings is 2. The Labute approximate surface area is 219 Å². The van der Waals surface area contributed by atoms with Crippen molar-refractivity contribution in [2.75, 3.05) is 11.9 Å². The van der Waals surface area contributed by atoms with Crippen LogP contribution in [0.1, 0.15) is 61.0 Å². The van der Waals surface area contributed by atoms with E-state index in [2.05, 4.69) is 34.6 Å². The number of esters is 1. The molecule has 8 heteroatoms. The first-order valence-corrected chi connectivity index (χ1v) is 13.5. The van der Waals surface area contributed by atoms with E-state index in [0.717, 1.165) is 41.1 Å². The lowest BCUT2D eigenvalue weighted by Gasteiger charge is -2.28. The molecule has 2 aromatic carbocycles. The van der Waals surface area contributed by atoms with Gasteiger partial charge in [0.2, 0.25) is 0 Å². The number of halogens is 1. The van der Waals surface area contributed by atoms with E-state index in [0.29, 0.717) is 41.3 Å². The average Bonchev–Trinajstić information content (AvgIpc) is 3.45. The standard InChI is InChI=1S/C28H28ClN3O3S/c1-2-35-26(33)14-18-6-8-19(9-7-18)20-10-12-21(13-11-20)25-17-32-16-24(31-28(32)36-25)27(34)30-23-5-3-4-22(29)15-23/h3-5,10-13,15-19H,2,6-9,14H2,1H3,(H,30,34). The maximum absolute atomic E-state index is 12.6. The largest absolute Gasteiger partial charge is 0.466 e. The molecule has 6 nitrogen and oxygen atoms in total. The summed E-state index contributed by atoms with van der Waals surface area (Å²) in [6, 6.07) is 15.8. The fraction of sp³-hybridized carbons (Fsp3) is 0.321. The second-order valence-corrected chi connectivity index (χ2v) is 10.7. The van der Waals surface area contributed by atoms with Gasteiger partial charge in [-0.3, -0.25) is 14.0 Å². The summed E-state index contributed by atoms with van der Waals surface area (Å²) >= 11 is 7.55. The van der Waals surface area contributed by atoms with Crippen LogP contribution in [0, 0.1) is 5.92 Å². The maximum Gasteiger partial charge on any atom is 0.306 e. The van der Waals surface area contributed by atoms with Gasteiger partial charge in [-0.15, -0.1) is 0 Å². The highest BCUT2D eigenvalue weighted by Gasteiger charge is 2.24. The molecule has 0 aliphatic heterocycles. The van der Waals surface area contributed by atoms with Gasteiger partial charge >= 0.3 is 5.97 Å². The van der Waals surface area contributed by atoms with Crippen molar-refractivity contribution < 1.29 is 14.3 Å². The van der Waals surface area contributed by atoms with Crippen molar-refractivity contribution in [1.29, 1.82) is 0 Å². The van der Waals surface area contributed by atoms with Gasteiger partial charge in [0.15, 0.2) is 4.96 Å². The van der Waals surface area contributed by atoms with Crippen molar-refractivity contribution in [2.24, 2.45) is 5.92 Å². The summed E-state index contributed by atoms with van der Waals surface area (Å²) in [4.78, 5) is 30.7. The quantitative estimate of drug-likeness (QED) is 0.261. The van der Waals surface area contributed by atoms with E-state index in [-0.39, 0.29) is 11.9 Å². The number of amides is 1. The van der Waals surface area contributed by atoms with Gasteiger partial charge in [0, 0.05) is 29.5 Å². The second-order valence-electron chi connectivity index (χ2n) is 9.22. The monoisotopic (exact) mass is 521 g/mol. The number of rotatable bonds is 7. The van der Waals surface area contributed by atoms with Gasteiger partial charge in [-0.05, 0) is 73.8 Å². The highest BCUT2D eigenvalue weighted by atomic mass is 35.5. The fourth-order valence-electron chi connectivity index (χ4n) is 4.87. The van der Waals surface area contributed by atoms with Gasteiger partial charge in [-0.25, -0.2) is 4.98 Å². The van der Waals surface area contributed by atoms with Crippen LogP contribution in [-0.4, -0.2) is 27.9 Å². The molecule has 186 valence electrons. The number of hydrogen-bond donors (Lipinski definition) is 1. The summed E-state index contributed by atoms with van der Waals surface area (Å²) in [5.41, 5.74) is 3.49. The second kappa shape index (κ2) is 10.8. The normalized spacial score (nSPS) is 17.7. The van der Waals surface area contributed by atoms with Gasteiger partial charge in [-0.2, -0.15) is 0 Å². The van der Waals surface area contributed by atoms with Gasteiger partial charge in [-0.1, -0.05) is 53.3 Å². The first kappa shape index (κ1) is 24.5. The first-order chi connectivity index (χ1) is 17.5. The minimum atomic E-state index is -0.268. The number of nitrogens with one attached hydrogen (secondary N) is 1. The molecule has 4 aromatic rings. The van der Waals surface area contributed by atoms with Crippen molar-refractivity contribution >= 4 is 45.5 Å². The van der Waals surface area contributed by atoms with Gasteiger partial charge in [0.1, 0.15) is 5.69 Å². The van der Waals surface area contributed by atoms with E-state index in [1.54, 1.807) is 41.8 Å². The molecular formula is C28H28ClN3O3S. The lowest BCUT2D eigenvalue weighted by molar-refractivity contribution is -0.144. The Kier molecular flexibility index (Phi) is 7.39. The average molecular weight is 522 g/mol. The Morgan fingerprint density at radius 3 is 2.58 bits per heavy atom. The summed E-state index contributed by atoms with van der Waals surface area (Å²) in [6.07, 6.45) is 8.66. The number of anilines is 1. The summed E-state index contributed by atoms with van der Waals surface area (Å²) in [7, 11) is 0. The van der Waals surface area contributed by atoms with E-state index in [1.807, 2.05) is 17.5 Å². The zero-order valence-electron chi connectivity index (χ0n) is 20.1. The van der Waals surface area contributed by atoms with Crippen LogP contribution < -0.4 is 5.32 Å². The molecule has 1 aliphatic carbocycles. The van der Waals surface area contributed by atoms with Crippen LogP contribution in [0.3, 0.4) is 0 Å². The number of aromatic nitrogens is 2. The molecule has 5 rings (SSSR count). The number of imidazole rings is 1. The van der Waals surface area contributed by atoms with E-state index in [9.17, 15) is 9.59 Å². The SMILES string of the molecule is CCOC(=O)CC1CCC(c2ccc(-c3cn4cc(C(=O)Nc5cccc(Cl)c5)nc4s3)cc2)CC1. The number of hydrogen-bond acceptors (Lipinski definition) is 5. The molecule has 0 atom stereocenters. The Morgan fingerprint density at radius 2 is 1.89 bits per heavy atom. The molecule has 36 heavy (non-hydrogen) atoms. The third-order valence-corrected chi connectivity index (χ3v) is 8.03. The zero-order chi connectivity index (χ0) is 25.1. The predicted molar refractivity (Wildman–Crippen MR) is 144 cm³/mol. The summed E-state index contributed by atoms with van der Waals surface area (Å²) in [5, 5.41) is 3.40. The molecule has 0 spiro atoms. The highest BCUT2D eigenvalue weighted by Crippen LogP contribution is 2.38. The smallest absolute Gasteiger partial charge is 0.306 e. The molecule has 1 fully saturated rings. The van der Waals surface area contributed by atoms with E-state index in [1.165, 1.54) is 5.56 Å². The van der Waals surface area contributed by atoms with Crippen molar-refractivity contribution in [3.63, 3.8) is 0 Å². The fourth-order valence-corrected chi connectivity index (χ4v) is 6.04. The minimum Gasteiger partial charge on any atom is -0.466 e. The minimum absolute atomic E-state index is 0.0681. The van der Waals surface area contributed by atoms with Crippen molar-refractivity contribution in [3.05, 3.63) is 77.2 Å². The van der Waals surface area contributed by atoms with Gasteiger partial charge in [0.25, 0.3) is 5.91 Å². The molecule has 2 heterocycles. The van der Waals surface area contributed by atoms with Crippen molar-refractivity contribution in [1.82, 2.24) is 9.38 Å². The molecule has 1 aliphatic rings. The Hall–Kier alpha value is -3.16. The van der Waals surface area contributed by atoms with Crippen molar-refractivity contribution in [2.45, 2.75) is 44.9 Å². The summed E-state index contributed by atoms with van der Waals surface area (Å²) in [6.45, 7) is 2.31. The number of thiazole rings is 1. The maximum atomic E-state index is 12.6. The van der Waals surface area contributed by atoms with Gasteiger partial charge in [0.05, 0.1) is 11.5 Å². The molecule has 2 aromatic heterocycles. The Balaban J connectivity index is 1.21. The number of nitrogens with zero attached hydrogens (tertiary/aromatic N) is 2. The van der Waals surface area contributed by atoms with Crippen LogP contribution in [0.15, 0.2) is 60.9 Å². The zero-order valence-corrected chi connectivity index (χ0v) is 21.6. The molecule has 1 amide bonds. The third-order valence-electron chi connectivity index (χ3n) is 6.75. The van der Waals surface area contributed by atoms with Crippen molar-refractivity contribution in [3.8, 4) is 10.4 Å². The van der Waals surface area contributed by atoms with E-state index in [4.69, 9.17) is 16.3 Å². The number of carbonyl (C=O) groups excluding carboxylic acids is 2. The van der Waals surface area contributed by atoms with Crippen LogP contribution in [0.25, 0.3) is 15.4 Å². The van der Waals surface area contributed by atoms with Crippen LogP contribution in [0.4, 0.5) is 5.69 Å². The summed E-state index contributed by atoms with van der Waals surface area (Å²) < 4.78 is 7.00. The Bertz CT molecular complexity index is 1340. The topological polar surface area (TPSA) is 72.7 Å². The van der Waals surface area contributed by atoms with Crippen LogP contribution >= 0.6 is 22.9 Å². The van der Waals surface area contributed by atoms with Crippen LogP contribution in [0.5, 0.6) is 0 Å². The Morgan fingerprint density at radius 1 is 1.11 bits per heavy atom. The van der Waals surface area contributed by atoms with Crippen LogP contribution in [0.2, 0.25) is 5.02 Å². The molecule has 0 unspecified atom stereocenters. The molecular weight excluding hydrogens is 494 g/mol. The molecule has 0 radical (unpaired) electrons. The van der Waals surface area contributed by atoms with Crippen LogP contribution in [-0.2, 0) is 9.53 Å². The summed E-state index contributed by atoms with van der Waals surface area (Å²) in [5.74, 6) is 0.649. The van der Waals surface area contributed by atoms with Gasteiger partial charge < -0.3 is 10.1 Å². The number of ether oxygens (including phenoxy) is 1. The molecule has 1 N–H and O–H groups in total. The molecule has 1 saturated carbocycles. The number of carbonyl (C=O) groups is 2. The third kappa shape index (κ3) is 5.63. The molecule has 0 saturated heterocycles. The van der Waals surface area contributed by atoms with E-state index < -0.39 is 0 Å². The first-order valence-electron chi connectivity index (χ1n) is 12.3. The highest BCUT2D eigenvalue weighted by molar-refractivity contribution is 7.20. The lowest BCUT2D eigenvalue weighted by atomic mass is 9.77. The molecule has 0 bridgehead atoms. The number of fused-ring (bicyclic) bond motifs is 1. The lowest BCUT2D eigenvalue weighted by Crippen LogP contribution is -2.17.